The molecule has 1 saturated carbocycles. The molecular formula is C16H32N2O. The lowest BCUT2D eigenvalue weighted by molar-refractivity contribution is 0.107. The van der Waals surface area contributed by atoms with Crippen LogP contribution in [0.25, 0.3) is 0 Å². The van der Waals surface area contributed by atoms with Crippen LogP contribution in [0.2, 0.25) is 0 Å². The van der Waals surface area contributed by atoms with Gasteiger partial charge in [-0.15, -0.1) is 0 Å². The fraction of sp³-hybridized carbons (Fsp3) is 1.00. The van der Waals surface area contributed by atoms with Gasteiger partial charge in [0, 0.05) is 24.7 Å². The van der Waals surface area contributed by atoms with Crippen LogP contribution < -0.4 is 10.6 Å². The first-order valence-corrected chi connectivity index (χ1v) is 8.38. The summed E-state index contributed by atoms with van der Waals surface area (Å²) in [6, 6.07) is 1.93. The van der Waals surface area contributed by atoms with Crippen molar-refractivity contribution in [3.05, 3.63) is 0 Å². The third-order valence-corrected chi connectivity index (χ3v) is 4.76. The predicted octanol–water partition coefficient (Wildman–Crippen LogP) is 2.70. The van der Waals surface area contributed by atoms with E-state index in [9.17, 15) is 0 Å². The van der Waals surface area contributed by atoms with E-state index in [1.54, 1.807) is 0 Å². The average Bonchev–Trinajstić information content (AvgIpc) is 2.46. The van der Waals surface area contributed by atoms with Crippen LogP contribution in [0.1, 0.15) is 58.8 Å². The summed E-state index contributed by atoms with van der Waals surface area (Å²) in [6.07, 6.45) is 9.71. The van der Waals surface area contributed by atoms with Gasteiger partial charge in [0.25, 0.3) is 0 Å². The van der Waals surface area contributed by atoms with Crippen molar-refractivity contribution in [1.82, 2.24) is 10.6 Å². The minimum absolute atomic E-state index is 0.481. The van der Waals surface area contributed by atoms with Crippen molar-refractivity contribution in [2.24, 2.45) is 5.92 Å². The highest BCUT2D eigenvalue weighted by Gasteiger charge is 2.32. The second-order valence-electron chi connectivity index (χ2n) is 6.34. The maximum atomic E-state index is 5.54. The molecule has 0 aromatic rings. The molecule has 4 unspecified atom stereocenters. The van der Waals surface area contributed by atoms with E-state index in [0.717, 1.165) is 25.2 Å². The SMILES string of the molecule is CCOCC(C)NC1CCCCC1C1CCCCN1. The summed E-state index contributed by atoms with van der Waals surface area (Å²) in [5.41, 5.74) is 0. The fourth-order valence-corrected chi connectivity index (χ4v) is 3.80. The van der Waals surface area contributed by atoms with Crippen molar-refractivity contribution < 1.29 is 4.74 Å². The van der Waals surface area contributed by atoms with Gasteiger partial charge in [-0.25, -0.2) is 0 Å². The summed E-state index contributed by atoms with van der Waals surface area (Å²) in [6.45, 7) is 7.22. The molecule has 3 heteroatoms. The van der Waals surface area contributed by atoms with E-state index >= 15 is 0 Å². The Hall–Kier alpha value is -0.120. The molecule has 4 atom stereocenters. The Kier molecular flexibility index (Phi) is 6.62. The Morgan fingerprint density at radius 1 is 1.16 bits per heavy atom. The molecule has 0 spiro atoms. The second kappa shape index (κ2) is 8.23. The van der Waals surface area contributed by atoms with Crippen LogP contribution in [0.3, 0.4) is 0 Å². The molecule has 2 aliphatic rings. The molecule has 1 aliphatic carbocycles. The number of hydrogen-bond donors (Lipinski definition) is 2. The Balaban J connectivity index is 1.84. The normalized spacial score (nSPS) is 34.1. The largest absolute Gasteiger partial charge is 0.380 e. The van der Waals surface area contributed by atoms with Crippen LogP contribution in [0.4, 0.5) is 0 Å². The Labute approximate surface area is 118 Å². The molecule has 0 aromatic heterocycles. The number of nitrogens with one attached hydrogen (secondary N) is 2. The van der Waals surface area contributed by atoms with Crippen LogP contribution in [0, 0.1) is 5.92 Å². The molecule has 0 radical (unpaired) electrons. The van der Waals surface area contributed by atoms with Gasteiger partial charge in [-0.1, -0.05) is 19.3 Å². The van der Waals surface area contributed by atoms with Gasteiger partial charge in [0.15, 0.2) is 0 Å². The van der Waals surface area contributed by atoms with E-state index in [2.05, 4.69) is 24.5 Å². The van der Waals surface area contributed by atoms with Crippen LogP contribution in [0.15, 0.2) is 0 Å². The first-order chi connectivity index (χ1) is 9.31. The van der Waals surface area contributed by atoms with E-state index < -0.39 is 0 Å². The van der Waals surface area contributed by atoms with E-state index in [0.29, 0.717) is 12.1 Å². The third kappa shape index (κ3) is 4.73. The predicted molar refractivity (Wildman–Crippen MR) is 80.5 cm³/mol. The highest BCUT2D eigenvalue weighted by molar-refractivity contribution is 4.91. The van der Waals surface area contributed by atoms with Crippen LogP contribution >= 0.6 is 0 Å². The molecule has 1 heterocycles. The van der Waals surface area contributed by atoms with E-state index in [1.807, 2.05) is 0 Å². The first-order valence-electron chi connectivity index (χ1n) is 8.38. The lowest BCUT2D eigenvalue weighted by atomic mass is 9.77. The highest BCUT2D eigenvalue weighted by Crippen LogP contribution is 2.30. The van der Waals surface area contributed by atoms with E-state index in [1.165, 1.54) is 51.5 Å². The molecule has 0 amide bonds. The van der Waals surface area contributed by atoms with E-state index in [4.69, 9.17) is 4.74 Å². The van der Waals surface area contributed by atoms with Crippen molar-refractivity contribution >= 4 is 0 Å². The lowest BCUT2D eigenvalue weighted by Crippen LogP contribution is -2.53. The molecule has 3 nitrogen and oxygen atoms in total. The summed E-state index contributed by atoms with van der Waals surface area (Å²) in [4.78, 5) is 0. The molecule has 19 heavy (non-hydrogen) atoms. The summed E-state index contributed by atoms with van der Waals surface area (Å²) in [5.74, 6) is 0.832. The molecule has 0 aromatic carbocycles. The van der Waals surface area contributed by atoms with Crippen molar-refractivity contribution in [3.63, 3.8) is 0 Å². The van der Waals surface area contributed by atoms with E-state index in [-0.39, 0.29) is 0 Å². The van der Waals surface area contributed by atoms with Gasteiger partial charge in [-0.05, 0) is 52.0 Å². The molecule has 2 N–H and O–H groups in total. The summed E-state index contributed by atoms with van der Waals surface area (Å²) < 4.78 is 5.54. The van der Waals surface area contributed by atoms with Gasteiger partial charge >= 0.3 is 0 Å². The number of piperidine rings is 1. The van der Waals surface area contributed by atoms with Gasteiger partial charge in [-0.2, -0.15) is 0 Å². The maximum absolute atomic E-state index is 5.54. The molecule has 112 valence electrons. The second-order valence-corrected chi connectivity index (χ2v) is 6.34. The highest BCUT2D eigenvalue weighted by atomic mass is 16.5. The zero-order valence-electron chi connectivity index (χ0n) is 12.8. The minimum Gasteiger partial charge on any atom is -0.380 e. The van der Waals surface area contributed by atoms with Gasteiger partial charge < -0.3 is 15.4 Å². The molecule has 1 aliphatic heterocycles. The van der Waals surface area contributed by atoms with Gasteiger partial charge in [-0.3, -0.25) is 0 Å². The monoisotopic (exact) mass is 268 g/mol. The first kappa shape index (κ1) is 15.3. The average molecular weight is 268 g/mol. The van der Waals surface area contributed by atoms with Crippen LogP contribution in [-0.4, -0.2) is 37.9 Å². The summed E-state index contributed by atoms with van der Waals surface area (Å²) >= 11 is 0. The minimum atomic E-state index is 0.481. The molecule has 1 saturated heterocycles. The fourth-order valence-electron chi connectivity index (χ4n) is 3.80. The standard InChI is InChI=1S/C16H32N2O/c1-3-19-12-13(2)18-16-10-5-4-8-14(16)15-9-6-7-11-17-15/h13-18H,3-12H2,1-2H3. The molecular weight excluding hydrogens is 236 g/mol. The van der Waals surface area contributed by atoms with Crippen molar-refractivity contribution in [2.45, 2.75) is 76.9 Å². The Morgan fingerprint density at radius 3 is 2.68 bits per heavy atom. The summed E-state index contributed by atoms with van der Waals surface area (Å²) in [5, 5.41) is 7.60. The summed E-state index contributed by atoms with van der Waals surface area (Å²) in [7, 11) is 0. The van der Waals surface area contributed by atoms with Gasteiger partial charge in [0.1, 0.15) is 0 Å². The zero-order chi connectivity index (χ0) is 13.5. The topological polar surface area (TPSA) is 33.3 Å². The lowest BCUT2D eigenvalue weighted by Gasteiger charge is -2.41. The van der Waals surface area contributed by atoms with Crippen molar-refractivity contribution in [1.29, 1.82) is 0 Å². The molecule has 2 rings (SSSR count). The number of rotatable bonds is 6. The smallest absolute Gasteiger partial charge is 0.0616 e. The number of ether oxygens (including phenoxy) is 1. The number of hydrogen-bond acceptors (Lipinski definition) is 3. The quantitative estimate of drug-likeness (QED) is 0.777. The van der Waals surface area contributed by atoms with Gasteiger partial charge in [0.2, 0.25) is 0 Å². The van der Waals surface area contributed by atoms with Crippen LogP contribution in [0.5, 0.6) is 0 Å². The van der Waals surface area contributed by atoms with Crippen LogP contribution in [-0.2, 0) is 4.74 Å². The maximum Gasteiger partial charge on any atom is 0.0616 e. The Morgan fingerprint density at radius 2 is 1.95 bits per heavy atom. The molecule has 0 bridgehead atoms. The third-order valence-electron chi connectivity index (χ3n) is 4.76. The molecule has 2 fully saturated rings. The Bertz CT molecular complexity index is 241. The van der Waals surface area contributed by atoms with Gasteiger partial charge in [0.05, 0.1) is 6.61 Å². The van der Waals surface area contributed by atoms with Crippen molar-refractivity contribution in [3.8, 4) is 0 Å². The van der Waals surface area contributed by atoms with Crippen molar-refractivity contribution in [2.75, 3.05) is 19.8 Å². The zero-order valence-corrected chi connectivity index (χ0v) is 12.8.